The van der Waals surface area contributed by atoms with Crippen molar-refractivity contribution < 1.29 is 31.9 Å². The maximum absolute atomic E-state index is 12.7. The molecule has 0 saturated heterocycles. The molecular weight excluding hydrogens is 535 g/mol. The number of hydrogen-bond acceptors (Lipinski definition) is 6. The van der Waals surface area contributed by atoms with E-state index in [0.717, 1.165) is 43.8 Å². The van der Waals surface area contributed by atoms with E-state index in [1.165, 1.54) is 24.0 Å². The third kappa shape index (κ3) is 9.37. The third-order valence-corrected chi connectivity index (χ3v) is 6.31. The van der Waals surface area contributed by atoms with E-state index in [1.54, 1.807) is 25.3 Å². The fourth-order valence-electron chi connectivity index (χ4n) is 4.16. The first kappa shape index (κ1) is 29.6. The van der Waals surface area contributed by atoms with Crippen LogP contribution in [0.4, 0.5) is 13.2 Å². The largest absolute Gasteiger partial charge is 0.487 e. The van der Waals surface area contributed by atoms with Gasteiger partial charge in [0.15, 0.2) is 0 Å². The van der Waals surface area contributed by atoms with Crippen LogP contribution in [0.3, 0.4) is 0 Å². The number of imidazole rings is 1. The molecule has 0 aliphatic rings. The lowest BCUT2D eigenvalue weighted by atomic mass is 10.1. The van der Waals surface area contributed by atoms with Crippen LogP contribution in [0.25, 0.3) is 12.2 Å². The summed E-state index contributed by atoms with van der Waals surface area (Å²) >= 11 is 0. The van der Waals surface area contributed by atoms with Gasteiger partial charge in [0, 0.05) is 31.4 Å². The highest BCUT2D eigenvalue weighted by molar-refractivity contribution is 5.69. The number of aromatic nitrogens is 3. The molecule has 2 aromatic carbocycles. The summed E-state index contributed by atoms with van der Waals surface area (Å²) in [6.45, 7) is 3.26. The topological polar surface area (TPSA) is 79.4 Å². The van der Waals surface area contributed by atoms with Crippen LogP contribution in [0.2, 0.25) is 0 Å². The second-order valence-corrected chi connectivity index (χ2v) is 9.36. The van der Waals surface area contributed by atoms with E-state index in [2.05, 4.69) is 14.5 Å². The van der Waals surface area contributed by atoms with E-state index in [1.807, 2.05) is 30.5 Å². The van der Waals surface area contributed by atoms with Gasteiger partial charge in [0.1, 0.15) is 30.1 Å². The number of rotatable bonds is 14. The Labute approximate surface area is 236 Å². The lowest BCUT2D eigenvalue weighted by Crippen LogP contribution is -2.09. The van der Waals surface area contributed by atoms with Crippen molar-refractivity contribution in [2.24, 2.45) is 0 Å². The molecule has 0 bridgehead atoms. The molecule has 0 atom stereocenters. The Morgan fingerprint density at radius 3 is 2.54 bits per heavy atom. The first-order chi connectivity index (χ1) is 19.8. The van der Waals surface area contributed by atoms with E-state index in [0.29, 0.717) is 42.3 Å². The molecule has 0 N–H and O–H groups in total. The number of carbonyl (C=O) groups excluding carboxylic acids is 1. The highest BCUT2D eigenvalue weighted by atomic mass is 19.4. The fourth-order valence-corrected chi connectivity index (χ4v) is 4.16. The van der Waals surface area contributed by atoms with Gasteiger partial charge in [-0.25, -0.2) is 9.97 Å². The number of oxazole rings is 1. The van der Waals surface area contributed by atoms with Crippen molar-refractivity contribution in [2.75, 3.05) is 6.61 Å². The number of benzene rings is 2. The molecule has 216 valence electrons. The molecule has 7 nitrogen and oxygen atoms in total. The summed E-state index contributed by atoms with van der Waals surface area (Å²) in [4.78, 5) is 20.3. The van der Waals surface area contributed by atoms with Crippen molar-refractivity contribution in [1.29, 1.82) is 0 Å². The number of hydrogen-bond donors (Lipinski definition) is 0. The molecule has 0 radical (unpaired) electrons. The van der Waals surface area contributed by atoms with Crippen LogP contribution >= 0.6 is 0 Å². The zero-order valence-electron chi connectivity index (χ0n) is 22.8. The van der Waals surface area contributed by atoms with E-state index in [4.69, 9.17) is 13.9 Å². The van der Waals surface area contributed by atoms with Gasteiger partial charge >= 0.3 is 12.1 Å². The first-order valence-electron chi connectivity index (χ1n) is 13.5. The highest BCUT2D eigenvalue weighted by Crippen LogP contribution is 2.29. The number of ether oxygens (including phenoxy) is 2. The van der Waals surface area contributed by atoms with Crippen LogP contribution in [-0.4, -0.2) is 27.1 Å². The lowest BCUT2D eigenvalue weighted by Gasteiger charge is -2.08. The summed E-state index contributed by atoms with van der Waals surface area (Å²) in [7, 11) is 0. The normalized spacial score (nSPS) is 11.7. The average Bonchev–Trinajstić information content (AvgIpc) is 3.62. The average molecular weight is 568 g/mol. The molecule has 0 unspecified atom stereocenters. The van der Waals surface area contributed by atoms with E-state index in [9.17, 15) is 18.0 Å². The van der Waals surface area contributed by atoms with Gasteiger partial charge in [0.05, 0.1) is 18.6 Å². The molecule has 0 fully saturated rings. The van der Waals surface area contributed by atoms with Gasteiger partial charge in [-0.3, -0.25) is 4.79 Å². The fraction of sp³-hybridized carbons (Fsp3) is 0.323. The lowest BCUT2D eigenvalue weighted by molar-refractivity contribution is -0.143. The second kappa shape index (κ2) is 14.3. The van der Waals surface area contributed by atoms with E-state index < -0.39 is 11.7 Å². The molecule has 0 amide bonds. The van der Waals surface area contributed by atoms with E-state index in [-0.39, 0.29) is 12.6 Å². The molecule has 2 heterocycles. The number of nitrogens with zero attached hydrogens (tertiary/aromatic N) is 3. The molecule has 4 aromatic rings. The molecular formula is C31H32F3N3O4. The number of halogens is 3. The van der Waals surface area contributed by atoms with Crippen molar-refractivity contribution in [3.8, 4) is 5.75 Å². The standard InChI is InChI=1S/C31H32F3N3O4/c1-2-39-30(38)17-15-28-35-18-20-37(28)19-4-3-5-23-8-13-27(14-9-23)40-21-26-22-41-29(36-26)16-10-24-6-11-25(12-7-24)31(32,33)34/h6-14,16,18,20,22H,2-5,15,17,19,21H2,1H3/b16-10+. The molecule has 0 spiro atoms. The van der Waals surface area contributed by atoms with Crippen molar-refractivity contribution in [1.82, 2.24) is 14.5 Å². The van der Waals surface area contributed by atoms with Crippen LogP contribution in [0.15, 0.2) is 71.6 Å². The minimum Gasteiger partial charge on any atom is -0.487 e. The molecule has 10 heteroatoms. The quantitative estimate of drug-likeness (QED) is 0.119. The number of alkyl halides is 3. The van der Waals surface area contributed by atoms with Gasteiger partial charge < -0.3 is 18.5 Å². The summed E-state index contributed by atoms with van der Waals surface area (Å²) < 4.78 is 56.4. The minimum absolute atomic E-state index is 0.202. The van der Waals surface area contributed by atoms with Crippen molar-refractivity contribution >= 4 is 18.1 Å². The zero-order valence-corrected chi connectivity index (χ0v) is 22.8. The number of esters is 1. The van der Waals surface area contributed by atoms with Gasteiger partial charge in [-0.2, -0.15) is 13.2 Å². The van der Waals surface area contributed by atoms with E-state index >= 15 is 0 Å². The van der Waals surface area contributed by atoms with Crippen LogP contribution in [0, 0.1) is 0 Å². The molecule has 4 rings (SSSR count). The van der Waals surface area contributed by atoms with Crippen LogP contribution in [0.5, 0.6) is 5.75 Å². The monoisotopic (exact) mass is 567 g/mol. The summed E-state index contributed by atoms with van der Waals surface area (Å²) in [5.74, 6) is 1.74. The number of carbonyl (C=O) groups is 1. The summed E-state index contributed by atoms with van der Waals surface area (Å²) in [5, 5.41) is 0. The SMILES string of the molecule is CCOC(=O)CCc1nccn1CCCCc1ccc(OCc2coc(/C=C/c3ccc(C(F)(F)F)cc3)n2)cc1. The molecule has 0 aliphatic heterocycles. The Morgan fingerprint density at radius 2 is 1.80 bits per heavy atom. The van der Waals surface area contributed by atoms with Gasteiger partial charge in [-0.05, 0) is 67.7 Å². The van der Waals surface area contributed by atoms with Crippen LogP contribution < -0.4 is 4.74 Å². The van der Waals surface area contributed by atoms with Crippen molar-refractivity contribution in [3.63, 3.8) is 0 Å². The number of unbranched alkanes of at least 4 members (excludes halogenated alkanes) is 1. The molecule has 41 heavy (non-hydrogen) atoms. The Balaban J connectivity index is 1.17. The third-order valence-electron chi connectivity index (χ3n) is 6.31. The number of aryl methyl sites for hydroxylation is 3. The van der Waals surface area contributed by atoms with Gasteiger partial charge in [0.25, 0.3) is 0 Å². The predicted molar refractivity (Wildman–Crippen MR) is 148 cm³/mol. The van der Waals surface area contributed by atoms with Crippen molar-refractivity contribution in [2.45, 2.75) is 58.4 Å². The smallest absolute Gasteiger partial charge is 0.416 e. The Bertz CT molecular complexity index is 1410. The van der Waals surface area contributed by atoms with Crippen LogP contribution in [-0.2, 0) is 41.7 Å². The second-order valence-electron chi connectivity index (χ2n) is 9.36. The van der Waals surface area contributed by atoms with Crippen molar-refractivity contribution in [3.05, 3.63) is 101 Å². The molecule has 0 aliphatic carbocycles. The molecule has 2 aromatic heterocycles. The zero-order chi connectivity index (χ0) is 29.1. The summed E-state index contributed by atoms with van der Waals surface area (Å²) in [6, 6.07) is 12.8. The predicted octanol–water partition coefficient (Wildman–Crippen LogP) is 7.16. The summed E-state index contributed by atoms with van der Waals surface area (Å²) in [5.41, 5.74) is 1.72. The highest BCUT2D eigenvalue weighted by Gasteiger charge is 2.29. The minimum atomic E-state index is -4.36. The Morgan fingerprint density at radius 1 is 1.02 bits per heavy atom. The summed E-state index contributed by atoms with van der Waals surface area (Å²) in [6.07, 6.45) is 7.91. The van der Waals surface area contributed by atoms with Gasteiger partial charge in [0.2, 0.25) is 5.89 Å². The van der Waals surface area contributed by atoms with Gasteiger partial charge in [-0.1, -0.05) is 24.3 Å². The maximum atomic E-state index is 12.7. The molecule has 0 saturated carbocycles. The maximum Gasteiger partial charge on any atom is 0.416 e. The Kier molecular flexibility index (Phi) is 10.4. The first-order valence-corrected chi connectivity index (χ1v) is 13.5. The Hall–Kier alpha value is -4.34. The van der Waals surface area contributed by atoms with Gasteiger partial charge in [-0.15, -0.1) is 0 Å². The van der Waals surface area contributed by atoms with Crippen LogP contribution in [0.1, 0.15) is 60.3 Å².